The Balaban J connectivity index is 1.59. The molecule has 0 bridgehead atoms. The van der Waals surface area contributed by atoms with Crippen molar-refractivity contribution in [3.8, 4) is 0 Å². The second-order valence-electron chi connectivity index (χ2n) is 7.24. The van der Waals surface area contributed by atoms with E-state index in [1.54, 1.807) is 54.6 Å². The summed E-state index contributed by atoms with van der Waals surface area (Å²) in [6.45, 7) is 0.471. The van der Waals surface area contributed by atoms with E-state index in [0.717, 1.165) is 12.1 Å². The molecule has 0 aliphatic heterocycles. The Hall–Kier alpha value is -3.72. The number of carbonyl (C=O) groups excluding carboxylic acids is 2. The Morgan fingerprint density at radius 2 is 1.53 bits per heavy atom. The summed E-state index contributed by atoms with van der Waals surface area (Å²) in [6, 6.07) is 18.8. The maximum Gasteiger partial charge on any atom is 0.416 e. The van der Waals surface area contributed by atoms with Crippen LogP contribution in [0.5, 0.6) is 0 Å². The van der Waals surface area contributed by atoms with Gasteiger partial charge in [-0.15, -0.1) is 0 Å². The number of nitrogens with zero attached hydrogens (tertiary/aromatic N) is 1. The van der Waals surface area contributed by atoms with Crippen LogP contribution in [0, 0.1) is 0 Å². The van der Waals surface area contributed by atoms with Crippen LogP contribution in [0.4, 0.5) is 39.8 Å². The lowest BCUT2D eigenvalue weighted by Gasteiger charge is -2.23. The van der Waals surface area contributed by atoms with Crippen molar-refractivity contribution in [3.63, 3.8) is 0 Å². The van der Waals surface area contributed by atoms with Crippen LogP contribution in [-0.2, 0) is 6.18 Å². The number of rotatable bonds is 7. The van der Waals surface area contributed by atoms with Gasteiger partial charge in [0.05, 0.1) is 5.56 Å². The fourth-order valence-electron chi connectivity index (χ4n) is 3.10. The van der Waals surface area contributed by atoms with E-state index in [4.69, 9.17) is 11.6 Å². The van der Waals surface area contributed by atoms with Crippen LogP contribution in [0.1, 0.15) is 12.0 Å². The summed E-state index contributed by atoms with van der Waals surface area (Å²) in [5.74, 6) is 0. The fraction of sp³-hybridized carbons (Fsp3) is 0.167. The van der Waals surface area contributed by atoms with Crippen molar-refractivity contribution in [2.24, 2.45) is 0 Å². The largest absolute Gasteiger partial charge is 0.416 e. The van der Waals surface area contributed by atoms with E-state index in [9.17, 15) is 22.8 Å². The molecule has 10 heteroatoms. The minimum atomic E-state index is -4.52. The van der Waals surface area contributed by atoms with E-state index >= 15 is 0 Å². The van der Waals surface area contributed by atoms with Crippen molar-refractivity contribution in [2.75, 3.05) is 28.6 Å². The van der Waals surface area contributed by atoms with Crippen molar-refractivity contribution >= 4 is 40.7 Å². The number of anilines is 3. The molecule has 0 heterocycles. The predicted octanol–water partition coefficient (Wildman–Crippen LogP) is 6.61. The third-order valence-corrected chi connectivity index (χ3v) is 4.92. The minimum Gasteiger partial charge on any atom is -0.338 e. The van der Waals surface area contributed by atoms with Crippen LogP contribution in [0.25, 0.3) is 0 Å². The Morgan fingerprint density at radius 1 is 0.853 bits per heavy atom. The smallest absolute Gasteiger partial charge is 0.338 e. The van der Waals surface area contributed by atoms with E-state index in [1.807, 2.05) is 0 Å². The normalized spacial score (nSPS) is 10.9. The fourth-order valence-corrected chi connectivity index (χ4v) is 3.29. The van der Waals surface area contributed by atoms with Gasteiger partial charge in [-0.05, 0) is 55.0 Å². The van der Waals surface area contributed by atoms with Gasteiger partial charge in [0.15, 0.2) is 0 Å². The molecule has 0 spiro atoms. The molecule has 0 saturated carbocycles. The maximum atomic E-state index is 13.0. The molecule has 0 atom stereocenters. The van der Waals surface area contributed by atoms with Crippen molar-refractivity contribution in [1.29, 1.82) is 0 Å². The monoisotopic (exact) mass is 490 g/mol. The third kappa shape index (κ3) is 7.41. The number of halogens is 4. The second kappa shape index (κ2) is 11.4. The number of benzene rings is 3. The lowest BCUT2D eigenvalue weighted by atomic mass is 10.2. The van der Waals surface area contributed by atoms with Gasteiger partial charge >= 0.3 is 18.2 Å². The molecule has 0 aliphatic rings. The van der Waals surface area contributed by atoms with Crippen LogP contribution < -0.4 is 20.9 Å². The lowest BCUT2D eigenvalue weighted by molar-refractivity contribution is -0.137. The highest BCUT2D eigenvalue weighted by Gasteiger charge is 2.30. The summed E-state index contributed by atoms with van der Waals surface area (Å²) in [6.07, 6.45) is -4.12. The first-order chi connectivity index (χ1) is 16.2. The standard InChI is InChI=1S/C24H22ClF3N4O2/c25-18-8-5-10-20(16-18)30-22(33)29-13-6-14-32(21-11-2-1-3-12-21)23(34)31-19-9-4-7-17(15-19)24(26,27)28/h1-5,7-12,15-16H,6,13-14H2,(H,31,34)(H2,29,30,33). The summed E-state index contributed by atoms with van der Waals surface area (Å²) in [7, 11) is 0. The molecule has 4 amide bonds. The van der Waals surface area contributed by atoms with Gasteiger partial charge < -0.3 is 16.0 Å². The van der Waals surface area contributed by atoms with Gasteiger partial charge in [-0.25, -0.2) is 9.59 Å². The summed E-state index contributed by atoms with van der Waals surface area (Å²) >= 11 is 5.90. The van der Waals surface area contributed by atoms with Crippen molar-refractivity contribution < 1.29 is 22.8 Å². The second-order valence-corrected chi connectivity index (χ2v) is 7.68. The summed E-state index contributed by atoms with van der Waals surface area (Å²) in [5.41, 5.74) is 0.276. The maximum absolute atomic E-state index is 13.0. The molecule has 0 fully saturated rings. The van der Waals surface area contributed by atoms with Crippen molar-refractivity contribution in [2.45, 2.75) is 12.6 Å². The molecule has 3 rings (SSSR count). The van der Waals surface area contributed by atoms with Crippen LogP contribution >= 0.6 is 11.6 Å². The molecular weight excluding hydrogens is 469 g/mol. The average molecular weight is 491 g/mol. The first-order valence-electron chi connectivity index (χ1n) is 10.3. The highest BCUT2D eigenvalue weighted by atomic mass is 35.5. The number of hydrogen-bond donors (Lipinski definition) is 3. The molecule has 3 aromatic carbocycles. The Bertz CT molecular complexity index is 1130. The van der Waals surface area contributed by atoms with Crippen LogP contribution in [0.15, 0.2) is 78.9 Å². The van der Waals surface area contributed by atoms with Gasteiger partial charge in [-0.2, -0.15) is 13.2 Å². The number of nitrogens with one attached hydrogen (secondary N) is 3. The van der Waals surface area contributed by atoms with Crippen LogP contribution in [-0.4, -0.2) is 25.2 Å². The Morgan fingerprint density at radius 3 is 2.21 bits per heavy atom. The van der Waals surface area contributed by atoms with Gasteiger partial charge in [0.1, 0.15) is 0 Å². The molecule has 178 valence electrons. The molecule has 0 aliphatic carbocycles. The third-order valence-electron chi connectivity index (χ3n) is 4.68. The number of para-hydroxylation sites is 1. The zero-order valence-corrected chi connectivity index (χ0v) is 18.7. The Labute approximate surface area is 199 Å². The summed E-state index contributed by atoms with van der Waals surface area (Å²) in [4.78, 5) is 26.4. The molecule has 0 saturated heterocycles. The molecule has 34 heavy (non-hydrogen) atoms. The number of amides is 4. The Kier molecular flexibility index (Phi) is 8.37. The molecule has 3 N–H and O–H groups in total. The van der Waals surface area contributed by atoms with E-state index < -0.39 is 23.8 Å². The predicted molar refractivity (Wildman–Crippen MR) is 127 cm³/mol. The SMILES string of the molecule is O=C(NCCCN(C(=O)Nc1cccc(C(F)(F)F)c1)c1ccccc1)Nc1cccc(Cl)c1. The molecule has 0 aromatic heterocycles. The highest BCUT2D eigenvalue weighted by Crippen LogP contribution is 2.30. The quantitative estimate of drug-likeness (QED) is 0.326. The van der Waals surface area contributed by atoms with Crippen molar-refractivity contribution in [1.82, 2.24) is 5.32 Å². The van der Waals surface area contributed by atoms with Crippen LogP contribution in [0.2, 0.25) is 5.02 Å². The molecule has 3 aromatic rings. The van der Waals surface area contributed by atoms with Gasteiger partial charge in [0.25, 0.3) is 0 Å². The number of urea groups is 2. The topological polar surface area (TPSA) is 73.5 Å². The highest BCUT2D eigenvalue weighted by molar-refractivity contribution is 6.30. The number of alkyl halides is 3. The first-order valence-corrected chi connectivity index (χ1v) is 10.7. The zero-order valence-electron chi connectivity index (χ0n) is 17.9. The van der Waals surface area contributed by atoms with E-state index in [2.05, 4.69) is 16.0 Å². The zero-order chi connectivity index (χ0) is 24.6. The molecule has 0 unspecified atom stereocenters. The molecule has 6 nitrogen and oxygen atoms in total. The first kappa shape index (κ1) is 24.9. The van der Waals surface area contributed by atoms with Gasteiger partial charge in [-0.3, -0.25) is 4.90 Å². The van der Waals surface area contributed by atoms with Gasteiger partial charge in [0.2, 0.25) is 0 Å². The van der Waals surface area contributed by atoms with Crippen molar-refractivity contribution in [3.05, 3.63) is 89.4 Å². The van der Waals surface area contributed by atoms with E-state index in [1.165, 1.54) is 17.0 Å². The number of carbonyl (C=O) groups is 2. The van der Waals surface area contributed by atoms with E-state index in [-0.39, 0.29) is 18.8 Å². The van der Waals surface area contributed by atoms with Crippen LogP contribution in [0.3, 0.4) is 0 Å². The molecular formula is C24H22ClF3N4O2. The van der Waals surface area contributed by atoms with E-state index in [0.29, 0.717) is 22.8 Å². The number of hydrogen-bond acceptors (Lipinski definition) is 2. The lowest BCUT2D eigenvalue weighted by Crippen LogP contribution is -2.38. The summed E-state index contributed by atoms with van der Waals surface area (Å²) < 4.78 is 39.0. The average Bonchev–Trinajstić information content (AvgIpc) is 2.79. The van der Waals surface area contributed by atoms with Gasteiger partial charge in [-0.1, -0.05) is 41.9 Å². The minimum absolute atomic E-state index is 0.0276. The van der Waals surface area contributed by atoms with Gasteiger partial charge in [0, 0.05) is 35.2 Å². The summed E-state index contributed by atoms with van der Waals surface area (Å²) in [5, 5.41) is 8.35. The molecule has 0 radical (unpaired) electrons.